The smallest absolute Gasteiger partial charge is 0.389 e. The summed E-state index contributed by atoms with van der Waals surface area (Å²) in [6.07, 6.45) is -7.59. The fraction of sp³-hybridized carbons (Fsp3) is 0.400. The Morgan fingerprint density at radius 1 is 1.24 bits per heavy atom. The summed E-state index contributed by atoms with van der Waals surface area (Å²) in [7, 11) is 0. The molecule has 1 rings (SSSR count). The Morgan fingerprint density at radius 2 is 1.82 bits per heavy atom. The van der Waals surface area contributed by atoms with Gasteiger partial charge in [-0.25, -0.2) is 4.39 Å². The van der Waals surface area contributed by atoms with Crippen molar-refractivity contribution in [1.29, 1.82) is 0 Å². The van der Waals surface area contributed by atoms with Crippen molar-refractivity contribution in [2.24, 2.45) is 0 Å². The van der Waals surface area contributed by atoms with E-state index in [9.17, 15) is 27.8 Å². The molecule has 1 aromatic carbocycles. The van der Waals surface area contributed by atoms with Crippen LogP contribution < -0.4 is 0 Å². The molecule has 0 radical (unpaired) electrons. The molecule has 2 N–H and O–H groups in total. The third kappa shape index (κ3) is 3.34. The van der Waals surface area contributed by atoms with E-state index in [2.05, 4.69) is 12.6 Å². The molecule has 0 saturated heterocycles. The molecular formula is C10H10F4O2S. The maximum absolute atomic E-state index is 13.3. The topological polar surface area (TPSA) is 40.5 Å². The minimum Gasteiger partial charge on any atom is -0.389 e. The molecule has 0 aromatic heterocycles. The van der Waals surface area contributed by atoms with Gasteiger partial charge in [0.05, 0.1) is 11.7 Å². The van der Waals surface area contributed by atoms with Gasteiger partial charge in [-0.05, 0) is 12.1 Å². The van der Waals surface area contributed by atoms with Crippen LogP contribution in [0.1, 0.15) is 17.2 Å². The summed E-state index contributed by atoms with van der Waals surface area (Å²) in [6.45, 7) is 0. The van der Waals surface area contributed by atoms with E-state index in [0.717, 1.165) is 6.07 Å². The molecule has 0 heterocycles. The molecule has 17 heavy (non-hydrogen) atoms. The van der Waals surface area contributed by atoms with E-state index in [1.165, 1.54) is 0 Å². The quantitative estimate of drug-likeness (QED) is 0.582. The Morgan fingerprint density at radius 3 is 2.24 bits per heavy atom. The standard InChI is InChI=1S/C10H10F4O2S/c11-7-3-5(10(12,13)14)1-2-6(7)9(16)8(15)4-17/h1-3,8-9,15-17H,4H2. The van der Waals surface area contributed by atoms with Crippen molar-refractivity contribution in [1.82, 2.24) is 0 Å². The Hall–Kier alpha value is -0.790. The largest absolute Gasteiger partial charge is 0.416 e. The second kappa shape index (κ2) is 5.24. The molecule has 0 aliphatic heterocycles. The Bertz CT molecular complexity index is 394. The van der Waals surface area contributed by atoms with Crippen LogP contribution in [0.5, 0.6) is 0 Å². The van der Waals surface area contributed by atoms with Crippen LogP contribution in [-0.2, 0) is 6.18 Å². The SMILES string of the molecule is OC(CS)C(O)c1ccc(C(F)(F)F)cc1F. The molecule has 0 aliphatic rings. The summed E-state index contributed by atoms with van der Waals surface area (Å²) in [4.78, 5) is 0. The summed E-state index contributed by atoms with van der Waals surface area (Å²) in [5.74, 6) is -1.35. The lowest BCUT2D eigenvalue weighted by Crippen LogP contribution is -2.21. The van der Waals surface area contributed by atoms with E-state index in [-0.39, 0.29) is 17.4 Å². The fourth-order valence-electron chi connectivity index (χ4n) is 1.25. The molecule has 0 bridgehead atoms. The highest BCUT2D eigenvalue weighted by atomic mass is 32.1. The van der Waals surface area contributed by atoms with Crippen LogP contribution in [-0.4, -0.2) is 22.1 Å². The Labute approximate surface area is 100 Å². The highest BCUT2D eigenvalue weighted by Crippen LogP contribution is 2.31. The van der Waals surface area contributed by atoms with Crippen molar-refractivity contribution in [3.63, 3.8) is 0 Å². The molecule has 0 saturated carbocycles. The first kappa shape index (κ1) is 14.3. The summed E-state index contributed by atoms with van der Waals surface area (Å²) in [5.41, 5.74) is -1.54. The third-order valence-corrected chi connectivity index (χ3v) is 2.57. The van der Waals surface area contributed by atoms with Crippen LogP contribution in [0.25, 0.3) is 0 Å². The number of hydrogen-bond donors (Lipinski definition) is 3. The highest BCUT2D eigenvalue weighted by Gasteiger charge is 2.32. The molecular weight excluding hydrogens is 260 g/mol. The molecule has 2 atom stereocenters. The van der Waals surface area contributed by atoms with Crippen LogP contribution in [0, 0.1) is 5.82 Å². The predicted molar refractivity (Wildman–Crippen MR) is 56.2 cm³/mol. The molecule has 0 amide bonds. The number of hydrogen-bond acceptors (Lipinski definition) is 3. The van der Waals surface area contributed by atoms with E-state index < -0.39 is 29.8 Å². The number of alkyl halides is 3. The van der Waals surface area contributed by atoms with Crippen LogP contribution in [0.2, 0.25) is 0 Å². The minimum atomic E-state index is -4.65. The first-order chi connectivity index (χ1) is 7.77. The minimum absolute atomic E-state index is 0.137. The number of thiol groups is 1. The van der Waals surface area contributed by atoms with Crippen molar-refractivity contribution in [2.75, 3.05) is 5.75 Å². The molecule has 7 heteroatoms. The van der Waals surface area contributed by atoms with E-state index >= 15 is 0 Å². The average molecular weight is 270 g/mol. The zero-order valence-electron chi connectivity index (χ0n) is 8.45. The van der Waals surface area contributed by atoms with Crippen LogP contribution in [0.4, 0.5) is 17.6 Å². The Kier molecular flexibility index (Phi) is 4.40. The van der Waals surface area contributed by atoms with Crippen LogP contribution in [0.15, 0.2) is 18.2 Å². The third-order valence-electron chi connectivity index (χ3n) is 2.20. The lowest BCUT2D eigenvalue weighted by molar-refractivity contribution is -0.137. The van der Waals surface area contributed by atoms with E-state index in [1.807, 2.05) is 0 Å². The number of rotatable bonds is 3. The summed E-state index contributed by atoms with van der Waals surface area (Å²) >= 11 is 3.69. The summed E-state index contributed by atoms with van der Waals surface area (Å²) in [5, 5.41) is 18.7. The zero-order valence-corrected chi connectivity index (χ0v) is 9.34. The average Bonchev–Trinajstić information content (AvgIpc) is 2.25. The van der Waals surface area contributed by atoms with Gasteiger partial charge in [-0.3, -0.25) is 0 Å². The van der Waals surface area contributed by atoms with Gasteiger partial charge in [0.25, 0.3) is 0 Å². The monoisotopic (exact) mass is 270 g/mol. The number of aliphatic hydroxyl groups excluding tert-OH is 2. The maximum Gasteiger partial charge on any atom is 0.416 e. The van der Waals surface area contributed by atoms with Gasteiger partial charge in [-0.1, -0.05) is 6.07 Å². The first-order valence-corrected chi connectivity index (χ1v) is 5.24. The van der Waals surface area contributed by atoms with E-state index in [0.29, 0.717) is 6.07 Å². The van der Waals surface area contributed by atoms with E-state index in [1.54, 1.807) is 0 Å². The molecule has 96 valence electrons. The molecule has 0 spiro atoms. The van der Waals surface area contributed by atoms with Gasteiger partial charge in [0.1, 0.15) is 11.9 Å². The highest BCUT2D eigenvalue weighted by molar-refractivity contribution is 7.80. The first-order valence-electron chi connectivity index (χ1n) is 4.61. The lowest BCUT2D eigenvalue weighted by atomic mass is 10.0. The van der Waals surface area contributed by atoms with Gasteiger partial charge in [-0.2, -0.15) is 25.8 Å². The maximum atomic E-state index is 13.3. The van der Waals surface area contributed by atoms with Gasteiger partial charge in [-0.15, -0.1) is 0 Å². The fourth-order valence-corrected chi connectivity index (χ4v) is 1.45. The summed E-state index contributed by atoms with van der Waals surface area (Å²) in [6, 6.07) is 1.73. The molecule has 1 aromatic rings. The van der Waals surface area contributed by atoms with Crippen molar-refractivity contribution >= 4 is 12.6 Å². The zero-order chi connectivity index (χ0) is 13.2. The molecule has 2 unspecified atom stereocenters. The molecule has 0 aliphatic carbocycles. The summed E-state index contributed by atoms with van der Waals surface area (Å²) < 4.78 is 50.0. The van der Waals surface area contributed by atoms with Crippen molar-refractivity contribution in [2.45, 2.75) is 18.4 Å². The number of halogens is 4. The van der Waals surface area contributed by atoms with Gasteiger partial charge < -0.3 is 10.2 Å². The van der Waals surface area contributed by atoms with Crippen LogP contribution >= 0.6 is 12.6 Å². The number of aliphatic hydroxyl groups is 2. The molecule has 0 fully saturated rings. The normalized spacial score (nSPS) is 15.7. The van der Waals surface area contributed by atoms with Crippen molar-refractivity contribution in [3.05, 3.63) is 35.1 Å². The van der Waals surface area contributed by atoms with E-state index in [4.69, 9.17) is 0 Å². The van der Waals surface area contributed by atoms with Gasteiger partial charge in [0, 0.05) is 11.3 Å². The van der Waals surface area contributed by atoms with Crippen molar-refractivity contribution in [3.8, 4) is 0 Å². The van der Waals surface area contributed by atoms with Crippen LogP contribution in [0.3, 0.4) is 0 Å². The predicted octanol–water partition coefficient (Wildman–Crippen LogP) is 2.17. The van der Waals surface area contributed by atoms with Gasteiger partial charge in [0.15, 0.2) is 0 Å². The van der Waals surface area contributed by atoms with Crippen molar-refractivity contribution < 1.29 is 27.8 Å². The second-order valence-electron chi connectivity index (χ2n) is 3.43. The number of benzene rings is 1. The second-order valence-corrected chi connectivity index (χ2v) is 3.79. The van der Waals surface area contributed by atoms with Gasteiger partial charge >= 0.3 is 6.18 Å². The lowest BCUT2D eigenvalue weighted by Gasteiger charge is -2.17. The molecule has 2 nitrogen and oxygen atoms in total. The van der Waals surface area contributed by atoms with Gasteiger partial charge in [0.2, 0.25) is 0 Å². The Balaban J connectivity index is 3.06.